The van der Waals surface area contributed by atoms with E-state index >= 15 is 0 Å². The van der Waals surface area contributed by atoms with Gasteiger partial charge in [-0.1, -0.05) is 35.9 Å². The maximum absolute atomic E-state index is 8.99. The van der Waals surface area contributed by atoms with Crippen molar-refractivity contribution in [3.05, 3.63) is 65.0 Å². The first-order valence-electron chi connectivity index (χ1n) is 6.34. The topological polar surface area (TPSA) is 48.7 Å². The SMILES string of the molecule is Cc1ccc(C(C)NCc2cccnc2C#N)cc1. The predicted molar refractivity (Wildman–Crippen MR) is 75.4 cm³/mol. The molecule has 0 bridgehead atoms. The molecule has 0 fully saturated rings. The molecule has 0 saturated carbocycles. The van der Waals surface area contributed by atoms with E-state index < -0.39 is 0 Å². The standard InChI is InChI=1S/C16H17N3/c1-12-5-7-14(8-6-12)13(2)19-11-15-4-3-9-18-16(15)10-17/h3-9,13,19H,11H2,1-2H3. The Hall–Kier alpha value is -2.18. The van der Waals surface area contributed by atoms with E-state index in [4.69, 9.17) is 5.26 Å². The van der Waals surface area contributed by atoms with Crippen LogP contribution in [0.3, 0.4) is 0 Å². The summed E-state index contributed by atoms with van der Waals surface area (Å²) in [5.41, 5.74) is 3.93. The van der Waals surface area contributed by atoms with E-state index in [9.17, 15) is 0 Å². The molecule has 0 radical (unpaired) electrons. The lowest BCUT2D eigenvalue weighted by molar-refractivity contribution is 0.573. The van der Waals surface area contributed by atoms with Crippen molar-refractivity contribution < 1.29 is 0 Å². The summed E-state index contributed by atoms with van der Waals surface area (Å²) in [6.45, 7) is 4.84. The van der Waals surface area contributed by atoms with Crippen LogP contribution < -0.4 is 5.32 Å². The Morgan fingerprint density at radius 2 is 2.00 bits per heavy atom. The smallest absolute Gasteiger partial charge is 0.144 e. The number of benzene rings is 1. The Kier molecular flexibility index (Phi) is 4.27. The van der Waals surface area contributed by atoms with Crippen LogP contribution in [0.25, 0.3) is 0 Å². The van der Waals surface area contributed by atoms with Gasteiger partial charge in [0.05, 0.1) is 0 Å². The van der Waals surface area contributed by atoms with Crippen molar-refractivity contribution in [3.63, 3.8) is 0 Å². The van der Waals surface area contributed by atoms with Gasteiger partial charge in [0.15, 0.2) is 0 Å². The van der Waals surface area contributed by atoms with Crippen molar-refractivity contribution in [1.29, 1.82) is 5.26 Å². The molecule has 3 heteroatoms. The molecule has 1 N–H and O–H groups in total. The molecule has 0 amide bonds. The van der Waals surface area contributed by atoms with Crippen molar-refractivity contribution in [2.24, 2.45) is 0 Å². The van der Waals surface area contributed by atoms with Gasteiger partial charge in [0.2, 0.25) is 0 Å². The molecule has 0 aliphatic carbocycles. The van der Waals surface area contributed by atoms with Gasteiger partial charge in [-0.25, -0.2) is 4.98 Å². The quantitative estimate of drug-likeness (QED) is 0.908. The second-order valence-corrected chi connectivity index (χ2v) is 4.64. The number of hydrogen-bond donors (Lipinski definition) is 1. The first-order valence-corrected chi connectivity index (χ1v) is 6.34. The van der Waals surface area contributed by atoms with Gasteiger partial charge >= 0.3 is 0 Å². The summed E-state index contributed by atoms with van der Waals surface area (Å²) < 4.78 is 0. The minimum Gasteiger partial charge on any atom is -0.306 e. The highest BCUT2D eigenvalue weighted by molar-refractivity contribution is 5.30. The van der Waals surface area contributed by atoms with E-state index in [0.717, 1.165) is 5.56 Å². The molecule has 2 aromatic rings. The van der Waals surface area contributed by atoms with E-state index in [-0.39, 0.29) is 6.04 Å². The predicted octanol–water partition coefficient (Wildman–Crippen LogP) is 3.11. The molecule has 96 valence electrons. The summed E-state index contributed by atoms with van der Waals surface area (Å²) in [7, 11) is 0. The fourth-order valence-corrected chi connectivity index (χ4v) is 1.92. The number of rotatable bonds is 4. The van der Waals surface area contributed by atoms with Gasteiger partial charge in [-0.05, 0) is 25.5 Å². The molecule has 0 aliphatic rings. The Morgan fingerprint density at radius 3 is 2.68 bits per heavy atom. The third-order valence-electron chi connectivity index (χ3n) is 3.17. The molecular weight excluding hydrogens is 234 g/mol. The number of aryl methyl sites for hydroxylation is 1. The monoisotopic (exact) mass is 251 g/mol. The van der Waals surface area contributed by atoms with Crippen molar-refractivity contribution in [3.8, 4) is 6.07 Å². The van der Waals surface area contributed by atoms with Gasteiger partial charge in [0, 0.05) is 24.3 Å². The lowest BCUT2D eigenvalue weighted by Gasteiger charge is -2.14. The largest absolute Gasteiger partial charge is 0.306 e. The number of nitriles is 1. The molecule has 1 aromatic heterocycles. The van der Waals surface area contributed by atoms with E-state index in [1.54, 1.807) is 6.20 Å². The molecule has 1 aromatic carbocycles. The van der Waals surface area contributed by atoms with Crippen molar-refractivity contribution in [2.75, 3.05) is 0 Å². The minimum absolute atomic E-state index is 0.243. The summed E-state index contributed by atoms with van der Waals surface area (Å²) in [4.78, 5) is 4.06. The number of aromatic nitrogens is 1. The van der Waals surface area contributed by atoms with E-state index in [1.807, 2.05) is 12.1 Å². The molecule has 2 rings (SSSR count). The zero-order valence-corrected chi connectivity index (χ0v) is 11.2. The van der Waals surface area contributed by atoms with Gasteiger partial charge in [0.1, 0.15) is 11.8 Å². The second kappa shape index (κ2) is 6.12. The highest BCUT2D eigenvalue weighted by Crippen LogP contribution is 2.14. The second-order valence-electron chi connectivity index (χ2n) is 4.64. The Balaban J connectivity index is 2.02. The summed E-state index contributed by atoms with van der Waals surface area (Å²) in [6, 6.07) is 14.6. The lowest BCUT2D eigenvalue weighted by Crippen LogP contribution is -2.18. The van der Waals surface area contributed by atoms with Crippen LogP contribution in [0.5, 0.6) is 0 Å². The fraction of sp³-hybridized carbons (Fsp3) is 0.250. The van der Waals surface area contributed by atoms with Crippen LogP contribution in [0.2, 0.25) is 0 Å². The molecule has 1 unspecified atom stereocenters. The minimum atomic E-state index is 0.243. The number of nitrogens with zero attached hydrogens (tertiary/aromatic N) is 2. The summed E-state index contributed by atoms with van der Waals surface area (Å²) in [5.74, 6) is 0. The molecule has 1 atom stereocenters. The summed E-state index contributed by atoms with van der Waals surface area (Å²) >= 11 is 0. The van der Waals surface area contributed by atoms with Gasteiger partial charge in [-0.15, -0.1) is 0 Å². The van der Waals surface area contributed by atoms with E-state index in [2.05, 4.69) is 54.5 Å². The number of nitrogens with one attached hydrogen (secondary N) is 1. The van der Waals surface area contributed by atoms with Crippen LogP contribution in [-0.4, -0.2) is 4.98 Å². The van der Waals surface area contributed by atoms with Gasteiger partial charge in [-0.2, -0.15) is 5.26 Å². The third-order valence-corrected chi connectivity index (χ3v) is 3.17. The van der Waals surface area contributed by atoms with E-state index in [0.29, 0.717) is 12.2 Å². The first-order chi connectivity index (χ1) is 9.20. The highest BCUT2D eigenvalue weighted by Gasteiger charge is 2.07. The number of pyridine rings is 1. The van der Waals surface area contributed by atoms with Gasteiger partial charge in [0.25, 0.3) is 0 Å². The maximum Gasteiger partial charge on any atom is 0.144 e. The average molecular weight is 251 g/mol. The third kappa shape index (κ3) is 3.40. The van der Waals surface area contributed by atoms with Crippen LogP contribution in [0.15, 0.2) is 42.6 Å². The molecule has 3 nitrogen and oxygen atoms in total. The molecule has 0 saturated heterocycles. The molecule has 1 heterocycles. The van der Waals surface area contributed by atoms with Gasteiger partial charge < -0.3 is 5.32 Å². The van der Waals surface area contributed by atoms with Crippen molar-refractivity contribution in [2.45, 2.75) is 26.4 Å². The first kappa shape index (κ1) is 13.3. The zero-order valence-electron chi connectivity index (χ0n) is 11.2. The molecular formula is C16H17N3. The highest BCUT2D eigenvalue weighted by atomic mass is 14.9. The lowest BCUT2D eigenvalue weighted by atomic mass is 10.1. The Labute approximate surface area is 113 Å². The maximum atomic E-state index is 8.99. The van der Waals surface area contributed by atoms with Crippen LogP contribution in [0.4, 0.5) is 0 Å². The fourth-order valence-electron chi connectivity index (χ4n) is 1.92. The van der Waals surface area contributed by atoms with Gasteiger partial charge in [-0.3, -0.25) is 0 Å². The van der Waals surface area contributed by atoms with Crippen LogP contribution in [0, 0.1) is 18.3 Å². The van der Waals surface area contributed by atoms with Crippen molar-refractivity contribution in [1.82, 2.24) is 10.3 Å². The van der Waals surface area contributed by atoms with Crippen LogP contribution in [-0.2, 0) is 6.54 Å². The Morgan fingerprint density at radius 1 is 1.26 bits per heavy atom. The summed E-state index contributed by atoms with van der Waals surface area (Å²) in [6.07, 6.45) is 1.64. The van der Waals surface area contributed by atoms with E-state index in [1.165, 1.54) is 11.1 Å². The Bertz CT molecular complexity index is 582. The zero-order chi connectivity index (χ0) is 13.7. The number of hydrogen-bond acceptors (Lipinski definition) is 3. The van der Waals surface area contributed by atoms with Crippen LogP contribution >= 0.6 is 0 Å². The summed E-state index contributed by atoms with van der Waals surface area (Å²) in [5, 5.41) is 12.4. The van der Waals surface area contributed by atoms with Crippen LogP contribution in [0.1, 0.15) is 35.3 Å². The molecule has 0 spiro atoms. The van der Waals surface area contributed by atoms with Crippen molar-refractivity contribution >= 4 is 0 Å². The molecule has 0 aliphatic heterocycles. The normalized spacial score (nSPS) is 11.8. The average Bonchev–Trinajstić information content (AvgIpc) is 2.45. The molecule has 19 heavy (non-hydrogen) atoms.